The highest BCUT2D eigenvalue weighted by molar-refractivity contribution is 5.95. The fourth-order valence-electron chi connectivity index (χ4n) is 6.72. The number of nitrogens with zero attached hydrogens (tertiary/aromatic N) is 4. The second-order valence-corrected chi connectivity index (χ2v) is 13.4. The van der Waals surface area contributed by atoms with Crippen molar-refractivity contribution in [3.63, 3.8) is 0 Å². The summed E-state index contributed by atoms with van der Waals surface area (Å²) in [7, 11) is 2.83. The van der Waals surface area contributed by atoms with Crippen molar-refractivity contribution in [2.45, 2.75) is 89.6 Å². The standard InChI is InChI=1S/C37H57F3N6O4/c1-41-34-31(37(38,39)40)28-42-36(44-34)43-32-16-15-30(27-33(32)48-2)35(47)46-21-19-45(20-22-46)18-11-7-3-4-8-12-23-49-25-26-50-24-17-29-13-9-5-6-10-14-29/h15-16,27-29H,3-14,17-26H2,1-2H3,(H2,41,42,43,44). The predicted octanol–water partition coefficient (Wildman–Crippen LogP) is 7.78. The Kier molecular flexibility index (Phi) is 16.8. The molecule has 10 nitrogen and oxygen atoms in total. The summed E-state index contributed by atoms with van der Waals surface area (Å²) in [6, 6.07) is 4.94. The van der Waals surface area contributed by atoms with Crippen LogP contribution in [0.3, 0.4) is 0 Å². The van der Waals surface area contributed by atoms with Crippen LogP contribution in [0.15, 0.2) is 24.4 Å². The number of carbonyl (C=O) groups excluding carboxylic acids is 1. The number of carbonyl (C=O) groups is 1. The smallest absolute Gasteiger partial charge is 0.421 e. The number of hydrogen-bond donors (Lipinski definition) is 2. The molecule has 1 saturated heterocycles. The first kappa shape index (κ1) is 39.6. The van der Waals surface area contributed by atoms with Gasteiger partial charge in [-0.2, -0.15) is 18.2 Å². The van der Waals surface area contributed by atoms with Gasteiger partial charge in [0.15, 0.2) is 0 Å². The van der Waals surface area contributed by atoms with Crippen molar-refractivity contribution in [3.8, 4) is 5.75 Å². The van der Waals surface area contributed by atoms with Crippen LogP contribution in [0.2, 0.25) is 0 Å². The quantitative estimate of drug-likeness (QED) is 0.106. The fourth-order valence-corrected chi connectivity index (χ4v) is 6.72. The number of benzene rings is 1. The number of rotatable bonds is 20. The topological polar surface area (TPSA) is 101 Å². The van der Waals surface area contributed by atoms with E-state index in [0.29, 0.717) is 43.3 Å². The molecule has 1 aliphatic carbocycles. The van der Waals surface area contributed by atoms with E-state index in [2.05, 4.69) is 25.5 Å². The molecule has 13 heteroatoms. The summed E-state index contributed by atoms with van der Waals surface area (Å²) in [6.07, 6.45) is 12.8. The molecule has 280 valence electrons. The molecule has 2 fully saturated rings. The molecule has 0 atom stereocenters. The van der Waals surface area contributed by atoms with Crippen molar-refractivity contribution in [2.75, 3.05) is 83.9 Å². The lowest BCUT2D eigenvalue weighted by atomic mass is 9.97. The van der Waals surface area contributed by atoms with E-state index in [-0.39, 0.29) is 17.7 Å². The Bertz CT molecular complexity index is 1280. The maximum atomic E-state index is 13.3. The molecule has 0 bridgehead atoms. The van der Waals surface area contributed by atoms with Gasteiger partial charge >= 0.3 is 6.18 Å². The highest BCUT2D eigenvalue weighted by atomic mass is 19.4. The van der Waals surface area contributed by atoms with Gasteiger partial charge in [-0.05, 0) is 49.9 Å². The van der Waals surface area contributed by atoms with Crippen LogP contribution in [0.1, 0.15) is 99.4 Å². The Morgan fingerprint density at radius 3 is 2.26 bits per heavy atom. The van der Waals surface area contributed by atoms with Crippen molar-refractivity contribution >= 4 is 23.4 Å². The van der Waals surface area contributed by atoms with Gasteiger partial charge in [0.25, 0.3) is 5.91 Å². The third-order valence-electron chi connectivity index (χ3n) is 9.72. The minimum absolute atomic E-state index is 0.0349. The summed E-state index contributed by atoms with van der Waals surface area (Å²) in [5.41, 5.74) is -0.0543. The lowest BCUT2D eigenvalue weighted by Gasteiger charge is -2.34. The van der Waals surface area contributed by atoms with Crippen LogP contribution in [0, 0.1) is 5.92 Å². The minimum Gasteiger partial charge on any atom is -0.495 e. The molecule has 1 amide bonds. The van der Waals surface area contributed by atoms with Crippen molar-refractivity contribution in [1.82, 2.24) is 19.8 Å². The van der Waals surface area contributed by atoms with Crippen LogP contribution in [-0.2, 0) is 15.7 Å². The van der Waals surface area contributed by atoms with Crippen molar-refractivity contribution in [1.29, 1.82) is 0 Å². The Hall–Kier alpha value is -3.16. The summed E-state index contributed by atoms with van der Waals surface area (Å²) < 4.78 is 56.7. The molecule has 1 aromatic carbocycles. The maximum absolute atomic E-state index is 13.3. The third kappa shape index (κ3) is 13.2. The molecule has 0 spiro atoms. The fraction of sp³-hybridized carbons (Fsp3) is 0.703. The van der Waals surface area contributed by atoms with Crippen molar-refractivity contribution in [3.05, 3.63) is 35.5 Å². The normalized spacial score (nSPS) is 16.3. The van der Waals surface area contributed by atoms with Crippen LogP contribution >= 0.6 is 0 Å². The number of nitrogens with one attached hydrogen (secondary N) is 2. The summed E-state index contributed by atoms with van der Waals surface area (Å²) >= 11 is 0. The molecule has 2 aromatic rings. The summed E-state index contributed by atoms with van der Waals surface area (Å²) in [5, 5.41) is 5.35. The van der Waals surface area contributed by atoms with Crippen molar-refractivity contribution < 1.29 is 32.2 Å². The van der Waals surface area contributed by atoms with E-state index < -0.39 is 11.7 Å². The Balaban J connectivity index is 1.04. The largest absolute Gasteiger partial charge is 0.495 e. The molecular weight excluding hydrogens is 649 g/mol. The van der Waals surface area contributed by atoms with Gasteiger partial charge in [-0.15, -0.1) is 0 Å². The SMILES string of the molecule is CNc1nc(Nc2ccc(C(=O)N3CCN(CCCCCCCCOCCOCCC4CCCCCC4)CC3)cc2OC)ncc1C(F)(F)F. The van der Waals surface area contributed by atoms with Crippen LogP contribution in [-0.4, -0.2) is 99.0 Å². The summed E-state index contributed by atoms with van der Waals surface area (Å²) in [4.78, 5) is 25.3. The monoisotopic (exact) mass is 706 g/mol. The minimum atomic E-state index is -4.58. The highest BCUT2D eigenvalue weighted by Crippen LogP contribution is 2.35. The second-order valence-electron chi connectivity index (χ2n) is 13.4. The molecule has 1 aliphatic heterocycles. The zero-order valence-corrected chi connectivity index (χ0v) is 30.0. The van der Waals surface area contributed by atoms with E-state index in [9.17, 15) is 18.0 Å². The Labute approximate surface area is 295 Å². The first-order valence-electron chi connectivity index (χ1n) is 18.5. The molecule has 1 aromatic heterocycles. The van der Waals surface area contributed by atoms with Gasteiger partial charge in [0.2, 0.25) is 5.95 Å². The number of hydrogen-bond acceptors (Lipinski definition) is 9. The van der Waals surface area contributed by atoms with E-state index in [0.717, 1.165) is 57.8 Å². The zero-order chi connectivity index (χ0) is 35.6. The molecule has 2 heterocycles. The van der Waals surface area contributed by atoms with Crippen LogP contribution in [0.25, 0.3) is 0 Å². The molecule has 2 N–H and O–H groups in total. The number of aromatic nitrogens is 2. The number of ether oxygens (including phenoxy) is 3. The van der Waals surface area contributed by atoms with Gasteiger partial charge in [0, 0.05) is 58.2 Å². The average molecular weight is 707 g/mol. The van der Waals surface area contributed by atoms with Gasteiger partial charge in [0.1, 0.15) is 17.1 Å². The van der Waals surface area contributed by atoms with Gasteiger partial charge in [0.05, 0.1) is 26.0 Å². The van der Waals surface area contributed by atoms with Crippen LogP contribution in [0.5, 0.6) is 5.75 Å². The number of alkyl halides is 3. The lowest BCUT2D eigenvalue weighted by molar-refractivity contribution is -0.137. The molecule has 0 radical (unpaired) electrons. The summed E-state index contributed by atoms with van der Waals surface area (Å²) in [5.74, 6) is 0.762. The number of halogens is 3. The van der Waals surface area contributed by atoms with Crippen LogP contribution in [0.4, 0.5) is 30.6 Å². The second kappa shape index (κ2) is 21.3. The van der Waals surface area contributed by atoms with Gasteiger partial charge in [-0.1, -0.05) is 64.2 Å². The molecule has 2 aliphatic rings. The first-order chi connectivity index (χ1) is 24.3. The predicted molar refractivity (Wildman–Crippen MR) is 190 cm³/mol. The van der Waals surface area contributed by atoms with E-state index in [4.69, 9.17) is 14.2 Å². The highest BCUT2D eigenvalue weighted by Gasteiger charge is 2.35. The molecule has 50 heavy (non-hydrogen) atoms. The van der Waals surface area contributed by atoms with E-state index in [1.54, 1.807) is 18.2 Å². The lowest BCUT2D eigenvalue weighted by Crippen LogP contribution is -2.48. The van der Waals surface area contributed by atoms with Gasteiger partial charge in [-0.3, -0.25) is 9.69 Å². The van der Waals surface area contributed by atoms with E-state index in [1.807, 2.05) is 4.90 Å². The maximum Gasteiger partial charge on any atom is 0.421 e. The van der Waals surface area contributed by atoms with E-state index >= 15 is 0 Å². The molecule has 0 unspecified atom stereocenters. The summed E-state index contributed by atoms with van der Waals surface area (Å²) in [6.45, 7) is 7.12. The van der Waals surface area contributed by atoms with Crippen LogP contribution < -0.4 is 15.4 Å². The zero-order valence-electron chi connectivity index (χ0n) is 30.0. The Morgan fingerprint density at radius 2 is 1.58 bits per heavy atom. The van der Waals surface area contributed by atoms with Gasteiger partial charge in [-0.25, -0.2) is 4.98 Å². The number of methoxy groups -OCH3 is 1. The number of anilines is 3. The van der Waals surface area contributed by atoms with Gasteiger partial charge < -0.3 is 29.7 Å². The average Bonchev–Trinajstić information content (AvgIpc) is 3.40. The Morgan fingerprint density at radius 1 is 0.900 bits per heavy atom. The first-order valence-corrected chi connectivity index (χ1v) is 18.5. The van der Waals surface area contributed by atoms with E-state index in [1.165, 1.54) is 84.8 Å². The number of unbranched alkanes of at least 4 members (excludes halogenated alkanes) is 5. The molecule has 1 saturated carbocycles. The number of amides is 1. The molecular formula is C37H57F3N6O4. The van der Waals surface area contributed by atoms with Crippen molar-refractivity contribution in [2.24, 2.45) is 5.92 Å². The number of piperazine rings is 1. The third-order valence-corrected chi connectivity index (χ3v) is 9.72. The molecule has 4 rings (SSSR count).